The molecule has 0 atom stereocenters. The highest BCUT2D eigenvalue weighted by molar-refractivity contribution is 6.31. The number of pyridine rings is 1. The number of rotatable bonds is 7. The first-order valence-electron chi connectivity index (χ1n) is 8.57. The van der Waals surface area contributed by atoms with Crippen LogP contribution in [0.25, 0.3) is 0 Å². The zero-order valence-corrected chi connectivity index (χ0v) is 15.8. The van der Waals surface area contributed by atoms with Crippen LogP contribution < -0.4 is 16.0 Å². The summed E-state index contributed by atoms with van der Waals surface area (Å²) in [7, 11) is 0. The van der Waals surface area contributed by atoms with Crippen LogP contribution >= 0.6 is 11.6 Å². The standard InChI is InChI=1S/C19H24ClN5O/c1-3-21-19(23-13-15-8-4-5-9-16(15)20)22-12-11-18(26)25-17-10-6-7-14(2)24-17/h4-10H,3,11-13H2,1-2H3,(H2,21,22,23)(H,24,25,26). The number of hydrogen-bond donors (Lipinski definition) is 3. The number of carbonyl (C=O) groups is 1. The highest BCUT2D eigenvalue weighted by Crippen LogP contribution is 2.15. The summed E-state index contributed by atoms with van der Waals surface area (Å²) in [6.45, 7) is 5.53. The van der Waals surface area contributed by atoms with Crippen molar-refractivity contribution in [1.82, 2.24) is 15.6 Å². The third-order valence-electron chi connectivity index (χ3n) is 3.51. The second-order valence-corrected chi connectivity index (χ2v) is 6.08. The minimum Gasteiger partial charge on any atom is -0.357 e. The number of anilines is 1. The summed E-state index contributed by atoms with van der Waals surface area (Å²) < 4.78 is 0. The predicted molar refractivity (Wildman–Crippen MR) is 106 cm³/mol. The first kappa shape index (κ1) is 19.7. The van der Waals surface area contributed by atoms with E-state index in [-0.39, 0.29) is 5.91 Å². The molecule has 1 amide bonds. The van der Waals surface area contributed by atoms with E-state index in [0.29, 0.717) is 36.3 Å². The fraction of sp³-hybridized carbons (Fsp3) is 0.316. The molecule has 0 aliphatic heterocycles. The number of benzene rings is 1. The van der Waals surface area contributed by atoms with Crippen LogP contribution in [0.2, 0.25) is 5.02 Å². The van der Waals surface area contributed by atoms with Crippen LogP contribution in [0.5, 0.6) is 0 Å². The van der Waals surface area contributed by atoms with Gasteiger partial charge in [0, 0.05) is 30.2 Å². The first-order chi connectivity index (χ1) is 12.6. The average Bonchev–Trinajstić information content (AvgIpc) is 2.61. The second kappa shape index (κ2) is 10.4. The van der Waals surface area contributed by atoms with Crippen LogP contribution in [-0.2, 0) is 11.3 Å². The van der Waals surface area contributed by atoms with Crippen molar-refractivity contribution < 1.29 is 4.79 Å². The summed E-state index contributed by atoms with van der Waals surface area (Å²) in [5.74, 6) is 1.11. The number of aromatic nitrogens is 1. The Kier molecular flexibility index (Phi) is 7.89. The minimum atomic E-state index is -0.0995. The molecule has 0 radical (unpaired) electrons. The second-order valence-electron chi connectivity index (χ2n) is 5.68. The summed E-state index contributed by atoms with van der Waals surface area (Å²) in [4.78, 5) is 20.8. The van der Waals surface area contributed by atoms with Crippen LogP contribution in [0, 0.1) is 6.92 Å². The van der Waals surface area contributed by atoms with Gasteiger partial charge in [0.2, 0.25) is 5.91 Å². The first-order valence-corrected chi connectivity index (χ1v) is 8.95. The Labute approximate surface area is 159 Å². The molecule has 0 aliphatic rings. The Morgan fingerprint density at radius 3 is 2.69 bits per heavy atom. The van der Waals surface area contributed by atoms with Gasteiger partial charge in [-0.15, -0.1) is 0 Å². The monoisotopic (exact) mass is 373 g/mol. The molecule has 1 aromatic heterocycles. The number of aryl methyl sites for hydroxylation is 1. The highest BCUT2D eigenvalue weighted by atomic mass is 35.5. The van der Waals surface area contributed by atoms with Crippen molar-refractivity contribution in [3.8, 4) is 0 Å². The lowest BCUT2D eigenvalue weighted by atomic mass is 10.2. The Morgan fingerprint density at radius 2 is 1.96 bits per heavy atom. The van der Waals surface area contributed by atoms with Gasteiger partial charge in [-0.2, -0.15) is 0 Å². The third-order valence-corrected chi connectivity index (χ3v) is 3.88. The Morgan fingerprint density at radius 1 is 1.15 bits per heavy atom. The van der Waals surface area contributed by atoms with Gasteiger partial charge in [-0.25, -0.2) is 9.98 Å². The molecular formula is C19H24ClN5O. The predicted octanol–water partition coefficient (Wildman–Crippen LogP) is 3.13. The SMILES string of the molecule is CCNC(=NCc1ccccc1Cl)NCCC(=O)Nc1cccc(C)n1. The average molecular weight is 374 g/mol. The van der Waals surface area contributed by atoms with Crippen molar-refractivity contribution in [2.45, 2.75) is 26.8 Å². The molecule has 0 bridgehead atoms. The largest absolute Gasteiger partial charge is 0.357 e. The molecule has 1 aromatic carbocycles. The molecule has 0 aliphatic carbocycles. The number of nitrogens with one attached hydrogen (secondary N) is 3. The van der Waals surface area contributed by atoms with Crippen molar-refractivity contribution in [3.05, 3.63) is 58.7 Å². The van der Waals surface area contributed by atoms with E-state index in [9.17, 15) is 4.79 Å². The lowest BCUT2D eigenvalue weighted by molar-refractivity contribution is -0.116. The molecule has 0 saturated heterocycles. The fourth-order valence-electron chi connectivity index (χ4n) is 2.25. The minimum absolute atomic E-state index is 0.0995. The molecule has 0 unspecified atom stereocenters. The number of nitrogens with zero attached hydrogens (tertiary/aromatic N) is 2. The van der Waals surface area contributed by atoms with Crippen molar-refractivity contribution in [2.75, 3.05) is 18.4 Å². The molecule has 2 rings (SSSR count). The number of halogens is 1. The third kappa shape index (κ3) is 6.72. The van der Waals surface area contributed by atoms with Gasteiger partial charge in [0.1, 0.15) is 5.82 Å². The molecule has 26 heavy (non-hydrogen) atoms. The van der Waals surface area contributed by atoms with E-state index in [1.807, 2.05) is 50.2 Å². The Hall–Kier alpha value is -2.60. The smallest absolute Gasteiger partial charge is 0.227 e. The molecular weight excluding hydrogens is 350 g/mol. The Bertz CT molecular complexity index is 763. The fourth-order valence-corrected chi connectivity index (χ4v) is 2.44. The summed E-state index contributed by atoms with van der Waals surface area (Å²) in [6, 6.07) is 13.1. The van der Waals surface area contributed by atoms with Crippen LogP contribution in [0.15, 0.2) is 47.5 Å². The molecule has 0 saturated carbocycles. The van der Waals surface area contributed by atoms with Crippen molar-refractivity contribution >= 4 is 29.3 Å². The molecule has 6 nitrogen and oxygen atoms in total. The molecule has 7 heteroatoms. The van der Waals surface area contributed by atoms with Gasteiger partial charge >= 0.3 is 0 Å². The zero-order valence-electron chi connectivity index (χ0n) is 15.1. The summed E-state index contributed by atoms with van der Waals surface area (Å²) in [5, 5.41) is 9.79. The van der Waals surface area contributed by atoms with Crippen LogP contribution in [0.3, 0.4) is 0 Å². The molecule has 1 heterocycles. The number of amides is 1. The lowest BCUT2D eigenvalue weighted by Crippen LogP contribution is -2.38. The van der Waals surface area contributed by atoms with Gasteiger partial charge in [0.15, 0.2) is 5.96 Å². The van der Waals surface area contributed by atoms with Crippen LogP contribution in [-0.4, -0.2) is 29.9 Å². The van der Waals surface area contributed by atoms with E-state index in [1.54, 1.807) is 6.07 Å². The van der Waals surface area contributed by atoms with Gasteiger partial charge in [0.05, 0.1) is 6.54 Å². The highest BCUT2D eigenvalue weighted by Gasteiger charge is 2.05. The van der Waals surface area contributed by atoms with E-state index in [2.05, 4.69) is 25.9 Å². The van der Waals surface area contributed by atoms with Gasteiger partial charge < -0.3 is 16.0 Å². The molecule has 138 valence electrons. The van der Waals surface area contributed by atoms with Gasteiger partial charge in [0.25, 0.3) is 0 Å². The maximum atomic E-state index is 12.0. The van der Waals surface area contributed by atoms with E-state index in [0.717, 1.165) is 17.8 Å². The molecule has 2 aromatic rings. The van der Waals surface area contributed by atoms with Gasteiger partial charge in [-0.3, -0.25) is 4.79 Å². The zero-order chi connectivity index (χ0) is 18.8. The molecule has 0 fully saturated rings. The van der Waals surface area contributed by atoms with E-state index >= 15 is 0 Å². The summed E-state index contributed by atoms with van der Waals surface area (Å²) in [6.07, 6.45) is 0.312. The van der Waals surface area contributed by atoms with Gasteiger partial charge in [-0.05, 0) is 37.6 Å². The lowest BCUT2D eigenvalue weighted by Gasteiger charge is -2.11. The number of aliphatic imine (C=N–C) groups is 1. The number of carbonyl (C=O) groups excluding carboxylic acids is 1. The van der Waals surface area contributed by atoms with Crippen molar-refractivity contribution in [2.24, 2.45) is 4.99 Å². The Balaban J connectivity index is 1.83. The summed E-state index contributed by atoms with van der Waals surface area (Å²) in [5.41, 5.74) is 1.82. The maximum absolute atomic E-state index is 12.0. The van der Waals surface area contributed by atoms with Crippen molar-refractivity contribution in [3.63, 3.8) is 0 Å². The van der Waals surface area contributed by atoms with E-state index < -0.39 is 0 Å². The molecule has 3 N–H and O–H groups in total. The van der Waals surface area contributed by atoms with Gasteiger partial charge in [-0.1, -0.05) is 35.9 Å². The van der Waals surface area contributed by atoms with Crippen LogP contribution in [0.1, 0.15) is 24.6 Å². The van der Waals surface area contributed by atoms with Crippen molar-refractivity contribution in [1.29, 1.82) is 0 Å². The topological polar surface area (TPSA) is 78.4 Å². The number of guanidine groups is 1. The molecule has 0 spiro atoms. The normalized spacial score (nSPS) is 11.1. The van der Waals surface area contributed by atoms with E-state index in [1.165, 1.54) is 0 Å². The quantitative estimate of drug-likeness (QED) is 0.514. The summed E-state index contributed by atoms with van der Waals surface area (Å²) >= 11 is 6.15. The van der Waals surface area contributed by atoms with Crippen LogP contribution in [0.4, 0.5) is 5.82 Å². The maximum Gasteiger partial charge on any atom is 0.227 e. The van der Waals surface area contributed by atoms with E-state index in [4.69, 9.17) is 11.6 Å². The number of hydrogen-bond acceptors (Lipinski definition) is 3.